The van der Waals surface area contributed by atoms with Crippen molar-refractivity contribution in [2.75, 3.05) is 26.2 Å². The van der Waals surface area contributed by atoms with Gasteiger partial charge in [-0.25, -0.2) is 0 Å². The minimum absolute atomic E-state index is 0.290. The summed E-state index contributed by atoms with van der Waals surface area (Å²) in [6.07, 6.45) is 5.02. The van der Waals surface area contributed by atoms with Gasteiger partial charge in [-0.2, -0.15) is 5.26 Å². The fraction of sp³-hybridized carbons (Fsp3) is 0.933. The van der Waals surface area contributed by atoms with Crippen molar-refractivity contribution in [2.24, 2.45) is 11.3 Å². The molecular weight excluding hydrogens is 222 g/mol. The molecule has 2 rings (SSSR count). The molecule has 2 fully saturated rings. The van der Waals surface area contributed by atoms with E-state index >= 15 is 0 Å². The highest BCUT2D eigenvalue weighted by molar-refractivity contribution is 5.16. The third-order valence-corrected chi connectivity index (χ3v) is 4.42. The van der Waals surface area contributed by atoms with Gasteiger partial charge in [-0.1, -0.05) is 20.8 Å². The van der Waals surface area contributed by atoms with Crippen LogP contribution in [0.25, 0.3) is 0 Å². The van der Waals surface area contributed by atoms with Gasteiger partial charge in [0, 0.05) is 13.1 Å². The van der Waals surface area contributed by atoms with Gasteiger partial charge in [-0.3, -0.25) is 10.2 Å². The molecular formula is C15H27N3. The molecule has 1 aliphatic heterocycles. The quantitative estimate of drug-likeness (QED) is 0.813. The van der Waals surface area contributed by atoms with Crippen molar-refractivity contribution in [1.29, 1.82) is 5.26 Å². The smallest absolute Gasteiger partial charge is 0.122 e. The monoisotopic (exact) mass is 249 g/mol. The Morgan fingerprint density at radius 3 is 2.67 bits per heavy atom. The molecule has 0 aromatic carbocycles. The second kappa shape index (κ2) is 5.19. The summed E-state index contributed by atoms with van der Waals surface area (Å²) in [4.78, 5) is 2.51. The van der Waals surface area contributed by atoms with Gasteiger partial charge in [0.15, 0.2) is 0 Å². The third kappa shape index (κ3) is 3.05. The predicted octanol–water partition coefficient (Wildman–Crippen LogP) is 2.39. The first kappa shape index (κ1) is 13.8. The molecule has 0 amide bonds. The molecule has 1 saturated heterocycles. The molecule has 2 aliphatic rings. The highest BCUT2D eigenvalue weighted by Crippen LogP contribution is 2.41. The van der Waals surface area contributed by atoms with Crippen LogP contribution in [0.3, 0.4) is 0 Å². The van der Waals surface area contributed by atoms with Crippen molar-refractivity contribution in [3.05, 3.63) is 0 Å². The number of likely N-dealkylation sites (tertiary alicyclic amines) is 1. The summed E-state index contributed by atoms with van der Waals surface area (Å²) in [7, 11) is 0. The molecule has 0 spiro atoms. The maximum atomic E-state index is 9.64. The van der Waals surface area contributed by atoms with Gasteiger partial charge in [0.05, 0.1) is 6.07 Å². The Kier molecular flexibility index (Phi) is 3.99. The van der Waals surface area contributed by atoms with Crippen LogP contribution in [0, 0.1) is 22.7 Å². The largest absolute Gasteiger partial charge is 0.300 e. The fourth-order valence-corrected chi connectivity index (χ4v) is 3.42. The Hall–Kier alpha value is -0.590. The number of nitrogens with one attached hydrogen (secondary N) is 1. The van der Waals surface area contributed by atoms with Crippen molar-refractivity contribution in [3.8, 4) is 6.07 Å². The number of likely N-dealkylation sites (N-methyl/N-ethyl adjacent to an activating group) is 1. The highest BCUT2D eigenvalue weighted by atomic mass is 15.2. The number of hydrogen-bond donors (Lipinski definition) is 1. The molecule has 1 unspecified atom stereocenters. The molecule has 102 valence electrons. The van der Waals surface area contributed by atoms with Gasteiger partial charge in [-0.05, 0) is 50.1 Å². The number of nitrogens with zero attached hydrogens (tertiary/aromatic N) is 2. The van der Waals surface area contributed by atoms with E-state index in [1.54, 1.807) is 0 Å². The van der Waals surface area contributed by atoms with Crippen molar-refractivity contribution >= 4 is 0 Å². The van der Waals surface area contributed by atoms with Crippen LogP contribution < -0.4 is 5.32 Å². The average molecular weight is 249 g/mol. The number of nitriles is 1. The summed E-state index contributed by atoms with van der Waals surface area (Å²) in [6, 6.07) is 2.60. The first-order valence-electron chi connectivity index (χ1n) is 7.40. The fourth-order valence-electron chi connectivity index (χ4n) is 3.42. The molecule has 1 saturated carbocycles. The molecule has 0 aromatic rings. The molecule has 1 atom stereocenters. The maximum Gasteiger partial charge on any atom is 0.122 e. The average Bonchev–Trinajstić information content (AvgIpc) is 3.11. The molecule has 0 radical (unpaired) electrons. The van der Waals surface area contributed by atoms with Gasteiger partial charge in [-0.15, -0.1) is 0 Å². The first-order chi connectivity index (χ1) is 8.51. The van der Waals surface area contributed by atoms with E-state index in [1.807, 2.05) is 0 Å². The summed E-state index contributed by atoms with van der Waals surface area (Å²) >= 11 is 0. The Labute approximate surface area is 112 Å². The van der Waals surface area contributed by atoms with Crippen molar-refractivity contribution in [2.45, 2.75) is 52.0 Å². The zero-order valence-electron chi connectivity index (χ0n) is 12.1. The Bertz CT molecular complexity index is 327. The van der Waals surface area contributed by atoms with Crippen LogP contribution in [0.5, 0.6) is 0 Å². The Morgan fingerprint density at radius 2 is 2.17 bits per heavy atom. The van der Waals surface area contributed by atoms with E-state index in [0.29, 0.717) is 11.3 Å². The summed E-state index contributed by atoms with van der Waals surface area (Å²) in [6.45, 7) is 10.9. The molecule has 0 bridgehead atoms. The normalized spacial score (nSPS) is 27.4. The second-order valence-electron chi connectivity index (χ2n) is 6.87. The minimum atomic E-state index is -0.290. The van der Waals surface area contributed by atoms with Crippen LogP contribution >= 0.6 is 0 Å². The van der Waals surface area contributed by atoms with E-state index in [2.05, 4.69) is 37.1 Å². The topological polar surface area (TPSA) is 39.1 Å². The zero-order valence-corrected chi connectivity index (χ0v) is 12.1. The number of piperidine rings is 1. The van der Waals surface area contributed by atoms with E-state index in [1.165, 1.54) is 25.7 Å². The predicted molar refractivity (Wildman–Crippen MR) is 74.2 cm³/mol. The number of hydrogen-bond acceptors (Lipinski definition) is 3. The summed E-state index contributed by atoms with van der Waals surface area (Å²) in [5.41, 5.74) is 0.122. The van der Waals surface area contributed by atoms with Gasteiger partial charge in [0.25, 0.3) is 0 Å². The van der Waals surface area contributed by atoms with Crippen LogP contribution in [0.2, 0.25) is 0 Å². The van der Waals surface area contributed by atoms with Crippen LogP contribution in [0.15, 0.2) is 0 Å². The molecule has 1 heterocycles. The van der Waals surface area contributed by atoms with E-state index in [-0.39, 0.29) is 5.54 Å². The molecule has 0 aromatic heterocycles. The Morgan fingerprint density at radius 1 is 1.44 bits per heavy atom. The van der Waals surface area contributed by atoms with Crippen molar-refractivity contribution in [1.82, 2.24) is 10.2 Å². The van der Waals surface area contributed by atoms with Crippen LogP contribution in [0.1, 0.15) is 46.5 Å². The number of rotatable bonds is 5. The third-order valence-electron chi connectivity index (χ3n) is 4.42. The van der Waals surface area contributed by atoms with E-state index in [4.69, 9.17) is 0 Å². The summed E-state index contributed by atoms with van der Waals surface area (Å²) < 4.78 is 0. The molecule has 1 aliphatic carbocycles. The highest BCUT2D eigenvalue weighted by Gasteiger charge is 2.46. The minimum Gasteiger partial charge on any atom is -0.300 e. The lowest BCUT2D eigenvalue weighted by molar-refractivity contribution is 0.0919. The molecule has 3 nitrogen and oxygen atoms in total. The lowest BCUT2D eigenvalue weighted by atomic mass is 9.83. The zero-order chi connectivity index (χ0) is 13.2. The second-order valence-corrected chi connectivity index (χ2v) is 6.87. The van der Waals surface area contributed by atoms with E-state index < -0.39 is 0 Å². The van der Waals surface area contributed by atoms with E-state index in [0.717, 1.165) is 26.2 Å². The lowest BCUT2D eigenvalue weighted by Gasteiger charge is -2.42. The van der Waals surface area contributed by atoms with Crippen LogP contribution in [-0.4, -0.2) is 36.6 Å². The van der Waals surface area contributed by atoms with Crippen LogP contribution in [0.4, 0.5) is 0 Å². The Balaban J connectivity index is 2.02. The van der Waals surface area contributed by atoms with Crippen molar-refractivity contribution in [3.63, 3.8) is 0 Å². The standard InChI is InChI=1S/C15H27N3/c1-4-17-15(10-16,13-6-7-13)12-18-9-5-8-14(2,3)11-18/h13,17H,4-9,11-12H2,1-3H3. The van der Waals surface area contributed by atoms with E-state index in [9.17, 15) is 5.26 Å². The maximum absolute atomic E-state index is 9.64. The van der Waals surface area contributed by atoms with Crippen LogP contribution in [-0.2, 0) is 0 Å². The molecule has 1 N–H and O–H groups in total. The summed E-state index contributed by atoms with van der Waals surface area (Å²) in [5, 5.41) is 13.1. The SMILES string of the molecule is CCNC(C#N)(CN1CCCC(C)(C)C1)C1CC1. The van der Waals surface area contributed by atoms with Gasteiger partial charge < -0.3 is 0 Å². The molecule has 3 heteroatoms. The molecule has 18 heavy (non-hydrogen) atoms. The van der Waals surface area contributed by atoms with Gasteiger partial charge in [0.2, 0.25) is 0 Å². The summed E-state index contributed by atoms with van der Waals surface area (Å²) in [5.74, 6) is 0.576. The van der Waals surface area contributed by atoms with Gasteiger partial charge >= 0.3 is 0 Å². The van der Waals surface area contributed by atoms with Gasteiger partial charge in [0.1, 0.15) is 5.54 Å². The lowest BCUT2D eigenvalue weighted by Crippen LogP contribution is -2.56. The first-order valence-corrected chi connectivity index (χ1v) is 7.40. The van der Waals surface area contributed by atoms with Crippen molar-refractivity contribution < 1.29 is 0 Å².